The molecule has 14 heavy (non-hydrogen) atoms. The van der Waals surface area contributed by atoms with Crippen molar-refractivity contribution >= 4 is 36.6 Å². The molecule has 0 fully saturated rings. The molecule has 0 aromatic carbocycles. The first-order chi connectivity index (χ1) is 6.60. The van der Waals surface area contributed by atoms with Crippen molar-refractivity contribution in [2.45, 2.75) is 12.0 Å². The molecule has 0 bridgehead atoms. The third-order valence-corrected chi connectivity index (χ3v) is 2.88. The first-order valence-electron chi connectivity index (χ1n) is 4.05. The SMILES string of the molecule is O=C(Br)C1(OCCBr)C=CC(F)=CC1. The molecule has 1 aliphatic carbocycles. The highest BCUT2D eigenvalue weighted by Crippen LogP contribution is 2.28. The molecular weight excluding hydrogens is 319 g/mol. The molecule has 2 nitrogen and oxygen atoms in total. The Bertz CT molecular complexity index is 289. The Labute approximate surface area is 98.4 Å². The van der Waals surface area contributed by atoms with Crippen molar-refractivity contribution in [3.63, 3.8) is 0 Å². The van der Waals surface area contributed by atoms with Gasteiger partial charge in [0, 0.05) is 11.8 Å². The number of halogens is 3. The number of ether oxygens (including phenoxy) is 1. The predicted octanol–water partition coefficient (Wildman–Crippen LogP) is 2.87. The number of carbonyl (C=O) groups is 1. The zero-order valence-electron chi connectivity index (χ0n) is 7.30. The van der Waals surface area contributed by atoms with Gasteiger partial charge >= 0.3 is 0 Å². The van der Waals surface area contributed by atoms with Crippen molar-refractivity contribution in [3.05, 3.63) is 24.1 Å². The average molecular weight is 328 g/mol. The van der Waals surface area contributed by atoms with Crippen LogP contribution < -0.4 is 0 Å². The van der Waals surface area contributed by atoms with Gasteiger partial charge in [0.1, 0.15) is 5.83 Å². The van der Waals surface area contributed by atoms with E-state index in [1.807, 2.05) is 0 Å². The minimum Gasteiger partial charge on any atom is -0.361 e. The van der Waals surface area contributed by atoms with Crippen LogP contribution in [0.5, 0.6) is 0 Å². The number of hydrogen-bond donors (Lipinski definition) is 0. The van der Waals surface area contributed by atoms with Gasteiger partial charge in [0.25, 0.3) is 0 Å². The predicted molar refractivity (Wildman–Crippen MR) is 59.4 cm³/mol. The Morgan fingerprint density at radius 2 is 2.43 bits per heavy atom. The molecule has 0 aliphatic heterocycles. The molecule has 0 N–H and O–H groups in total. The van der Waals surface area contributed by atoms with Gasteiger partial charge in [-0.25, -0.2) is 4.39 Å². The van der Waals surface area contributed by atoms with Crippen molar-refractivity contribution in [2.24, 2.45) is 0 Å². The van der Waals surface area contributed by atoms with E-state index >= 15 is 0 Å². The van der Waals surface area contributed by atoms with Crippen LogP contribution in [-0.2, 0) is 9.53 Å². The fourth-order valence-corrected chi connectivity index (χ4v) is 1.70. The maximum absolute atomic E-state index is 12.7. The lowest BCUT2D eigenvalue weighted by atomic mass is 9.96. The lowest BCUT2D eigenvalue weighted by Crippen LogP contribution is -2.37. The zero-order valence-corrected chi connectivity index (χ0v) is 10.5. The normalized spacial score (nSPS) is 26.1. The Morgan fingerprint density at radius 1 is 1.71 bits per heavy atom. The zero-order chi connectivity index (χ0) is 10.6. The molecule has 0 radical (unpaired) electrons. The van der Waals surface area contributed by atoms with Gasteiger partial charge in [-0.1, -0.05) is 15.9 Å². The molecule has 0 amide bonds. The molecule has 1 unspecified atom stereocenters. The van der Waals surface area contributed by atoms with E-state index in [-0.39, 0.29) is 16.9 Å². The van der Waals surface area contributed by atoms with Gasteiger partial charge in [-0.2, -0.15) is 0 Å². The lowest BCUT2D eigenvalue weighted by Gasteiger charge is -2.27. The van der Waals surface area contributed by atoms with E-state index in [9.17, 15) is 9.18 Å². The standard InChI is InChI=1S/C9H9Br2FO2/c10-5-6-14-9(8(11)13)3-1-7(12)2-4-9/h1-3H,4-6H2. The highest BCUT2D eigenvalue weighted by atomic mass is 79.9. The van der Waals surface area contributed by atoms with E-state index in [0.29, 0.717) is 11.9 Å². The van der Waals surface area contributed by atoms with Crippen molar-refractivity contribution < 1.29 is 13.9 Å². The minimum atomic E-state index is -1.04. The quantitative estimate of drug-likeness (QED) is 0.586. The van der Waals surface area contributed by atoms with Crippen LogP contribution in [0, 0.1) is 0 Å². The summed E-state index contributed by atoms with van der Waals surface area (Å²) in [4.78, 5) is 11.3. The number of alkyl halides is 1. The number of carbonyl (C=O) groups excluding carboxylic acids is 1. The fourth-order valence-electron chi connectivity index (χ4n) is 1.13. The van der Waals surface area contributed by atoms with Crippen LogP contribution in [0.4, 0.5) is 4.39 Å². The topological polar surface area (TPSA) is 26.3 Å². The van der Waals surface area contributed by atoms with Gasteiger partial charge < -0.3 is 4.74 Å². The molecule has 0 spiro atoms. The van der Waals surface area contributed by atoms with E-state index in [4.69, 9.17) is 4.74 Å². The smallest absolute Gasteiger partial charge is 0.233 e. The van der Waals surface area contributed by atoms with Crippen molar-refractivity contribution in [1.82, 2.24) is 0 Å². The van der Waals surface area contributed by atoms with Crippen LogP contribution in [0.2, 0.25) is 0 Å². The lowest BCUT2D eigenvalue weighted by molar-refractivity contribution is -0.127. The largest absolute Gasteiger partial charge is 0.361 e. The van der Waals surface area contributed by atoms with Crippen LogP contribution in [0.25, 0.3) is 0 Å². The first kappa shape index (κ1) is 12.1. The Morgan fingerprint density at radius 3 is 2.86 bits per heavy atom. The summed E-state index contributed by atoms with van der Waals surface area (Å²) in [5.41, 5.74) is -1.04. The Kier molecular flexibility index (Phi) is 4.47. The van der Waals surface area contributed by atoms with Crippen LogP contribution in [0.1, 0.15) is 6.42 Å². The van der Waals surface area contributed by atoms with Crippen molar-refractivity contribution in [1.29, 1.82) is 0 Å². The van der Waals surface area contributed by atoms with Crippen molar-refractivity contribution in [2.75, 3.05) is 11.9 Å². The van der Waals surface area contributed by atoms with E-state index in [0.717, 1.165) is 0 Å². The first-order valence-corrected chi connectivity index (χ1v) is 5.97. The van der Waals surface area contributed by atoms with Gasteiger partial charge in [0.2, 0.25) is 4.69 Å². The molecule has 0 aromatic heterocycles. The third-order valence-electron chi connectivity index (χ3n) is 1.88. The molecule has 1 rings (SSSR count). The summed E-state index contributed by atoms with van der Waals surface area (Å²) in [6, 6.07) is 0. The maximum Gasteiger partial charge on any atom is 0.233 e. The summed E-state index contributed by atoms with van der Waals surface area (Å²) in [6.45, 7) is 0.400. The van der Waals surface area contributed by atoms with Crippen LogP contribution in [0.3, 0.4) is 0 Å². The fraction of sp³-hybridized carbons (Fsp3) is 0.444. The second kappa shape index (κ2) is 5.19. The second-order valence-electron chi connectivity index (χ2n) is 2.83. The highest BCUT2D eigenvalue weighted by Gasteiger charge is 2.35. The second-order valence-corrected chi connectivity index (χ2v) is 4.34. The summed E-state index contributed by atoms with van der Waals surface area (Å²) in [7, 11) is 0. The summed E-state index contributed by atoms with van der Waals surface area (Å²) in [5, 5.41) is 0.634. The Hall–Kier alpha value is -0.0000000000000000555. The monoisotopic (exact) mass is 326 g/mol. The van der Waals surface area contributed by atoms with E-state index in [2.05, 4.69) is 31.9 Å². The molecule has 1 atom stereocenters. The number of hydrogen-bond acceptors (Lipinski definition) is 2. The van der Waals surface area contributed by atoms with E-state index in [1.165, 1.54) is 18.2 Å². The minimum absolute atomic E-state index is 0.229. The molecule has 0 aromatic rings. The molecule has 78 valence electrons. The number of rotatable bonds is 4. The van der Waals surface area contributed by atoms with Crippen LogP contribution in [0.15, 0.2) is 24.1 Å². The summed E-state index contributed by atoms with van der Waals surface area (Å²) >= 11 is 6.06. The van der Waals surface area contributed by atoms with Crippen molar-refractivity contribution in [3.8, 4) is 0 Å². The van der Waals surface area contributed by atoms with E-state index < -0.39 is 5.60 Å². The molecule has 5 heteroatoms. The average Bonchev–Trinajstić information content (AvgIpc) is 2.17. The number of allylic oxidation sites excluding steroid dienone is 2. The summed E-state index contributed by atoms with van der Waals surface area (Å²) in [6.07, 6.45) is 4.26. The Balaban J connectivity index is 2.76. The molecular formula is C9H9Br2FO2. The van der Waals surface area contributed by atoms with Gasteiger partial charge in [-0.05, 0) is 34.2 Å². The molecule has 0 saturated carbocycles. The van der Waals surface area contributed by atoms with Crippen LogP contribution in [-0.4, -0.2) is 22.2 Å². The third kappa shape index (κ3) is 2.74. The van der Waals surface area contributed by atoms with Gasteiger partial charge in [0.15, 0.2) is 5.60 Å². The summed E-state index contributed by atoms with van der Waals surface area (Å²) < 4.78 is 17.8. The molecule has 0 heterocycles. The highest BCUT2D eigenvalue weighted by molar-refractivity contribution is 9.18. The van der Waals surface area contributed by atoms with Crippen LogP contribution >= 0.6 is 31.9 Å². The maximum atomic E-state index is 12.7. The van der Waals surface area contributed by atoms with E-state index in [1.54, 1.807) is 0 Å². The van der Waals surface area contributed by atoms with Gasteiger partial charge in [0.05, 0.1) is 6.61 Å². The molecule has 1 aliphatic rings. The van der Waals surface area contributed by atoms with Gasteiger partial charge in [-0.3, -0.25) is 4.79 Å². The molecule has 0 saturated heterocycles. The summed E-state index contributed by atoms with van der Waals surface area (Å²) in [5.74, 6) is -0.336. The van der Waals surface area contributed by atoms with Gasteiger partial charge in [-0.15, -0.1) is 0 Å².